The molecule has 0 aliphatic carbocycles. The monoisotopic (exact) mass is 444 g/mol. The number of nitrogens with zero attached hydrogens (tertiary/aromatic N) is 3. The van der Waals surface area contributed by atoms with Gasteiger partial charge in [-0.25, -0.2) is 9.67 Å². The van der Waals surface area contributed by atoms with Crippen LogP contribution in [0.15, 0.2) is 53.5 Å². The molecule has 1 N–H and O–H groups in total. The number of rotatable bonds is 8. The summed E-state index contributed by atoms with van der Waals surface area (Å²) < 4.78 is 13.7. The Morgan fingerprint density at radius 3 is 2.39 bits per heavy atom. The predicted octanol–water partition coefficient (Wildman–Crippen LogP) is 4.01. The van der Waals surface area contributed by atoms with Gasteiger partial charge in [0.15, 0.2) is 11.5 Å². The van der Waals surface area contributed by atoms with E-state index in [1.807, 2.05) is 50.2 Å². The number of nitrogens with one attached hydrogen (secondary N) is 1. The number of carbonyl (C=O) groups is 1. The Balaban J connectivity index is 1.69. The van der Waals surface area contributed by atoms with Crippen molar-refractivity contribution >= 4 is 27.5 Å². The van der Waals surface area contributed by atoms with Gasteiger partial charge >= 0.3 is 0 Å². The zero-order chi connectivity index (χ0) is 19.9. The summed E-state index contributed by atoms with van der Waals surface area (Å²) in [6.45, 7) is 4.88. The van der Waals surface area contributed by atoms with Crippen molar-refractivity contribution in [2.45, 2.75) is 20.3 Å². The number of benzene rings is 2. The summed E-state index contributed by atoms with van der Waals surface area (Å²) in [4.78, 5) is 16.4. The Morgan fingerprint density at radius 1 is 1.11 bits per heavy atom. The van der Waals surface area contributed by atoms with E-state index in [1.165, 1.54) is 6.33 Å². The topological polar surface area (TPSA) is 78.3 Å². The molecule has 0 atom stereocenters. The first-order chi connectivity index (χ1) is 13.6. The van der Waals surface area contributed by atoms with Crippen molar-refractivity contribution in [2.24, 2.45) is 0 Å². The lowest BCUT2D eigenvalue weighted by molar-refractivity contribution is -0.115. The number of aromatic nitrogens is 3. The largest absolute Gasteiger partial charge is 0.490 e. The number of amides is 1. The molecule has 3 rings (SSSR count). The highest BCUT2D eigenvalue weighted by atomic mass is 79.9. The number of hydrogen-bond acceptors (Lipinski definition) is 5. The van der Waals surface area contributed by atoms with Crippen molar-refractivity contribution in [2.75, 3.05) is 18.5 Å². The van der Waals surface area contributed by atoms with E-state index in [4.69, 9.17) is 9.47 Å². The van der Waals surface area contributed by atoms with Gasteiger partial charge in [0.1, 0.15) is 12.7 Å². The van der Waals surface area contributed by atoms with Crippen molar-refractivity contribution in [1.82, 2.24) is 14.8 Å². The zero-order valence-corrected chi connectivity index (χ0v) is 17.3. The Labute approximate surface area is 171 Å². The van der Waals surface area contributed by atoms with Crippen LogP contribution in [0, 0.1) is 0 Å². The Morgan fingerprint density at radius 2 is 1.79 bits per heavy atom. The second-order valence-electron chi connectivity index (χ2n) is 5.87. The first kappa shape index (κ1) is 19.9. The molecule has 1 aromatic heterocycles. The maximum Gasteiger partial charge on any atom is 0.228 e. The van der Waals surface area contributed by atoms with Gasteiger partial charge in [0.05, 0.1) is 25.3 Å². The van der Waals surface area contributed by atoms with Crippen LogP contribution in [0.25, 0.3) is 5.69 Å². The lowest BCUT2D eigenvalue weighted by atomic mass is 10.1. The molecular weight excluding hydrogens is 424 g/mol. The van der Waals surface area contributed by atoms with Crippen molar-refractivity contribution in [3.63, 3.8) is 0 Å². The highest BCUT2D eigenvalue weighted by Gasteiger charge is 2.14. The van der Waals surface area contributed by atoms with E-state index in [0.29, 0.717) is 30.4 Å². The summed E-state index contributed by atoms with van der Waals surface area (Å²) in [6.07, 6.45) is 3.30. The third-order valence-corrected chi connectivity index (χ3v) is 4.64. The van der Waals surface area contributed by atoms with E-state index in [9.17, 15) is 4.79 Å². The summed E-state index contributed by atoms with van der Waals surface area (Å²) in [7, 11) is 0. The van der Waals surface area contributed by atoms with Crippen LogP contribution >= 0.6 is 15.9 Å². The highest BCUT2D eigenvalue weighted by Crippen LogP contribution is 2.34. The van der Waals surface area contributed by atoms with Crippen molar-refractivity contribution in [3.05, 3.63) is 59.1 Å². The number of halogens is 1. The van der Waals surface area contributed by atoms with Gasteiger partial charge in [-0.15, -0.1) is 0 Å². The predicted molar refractivity (Wildman–Crippen MR) is 110 cm³/mol. The van der Waals surface area contributed by atoms with Crippen LogP contribution in [0.5, 0.6) is 11.5 Å². The molecule has 1 amide bonds. The third kappa shape index (κ3) is 4.89. The molecular formula is C20H21BrN4O3. The van der Waals surface area contributed by atoms with E-state index in [1.54, 1.807) is 11.0 Å². The Hall–Kier alpha value is -2.87. The van der Waals surface area contributed by atoms with Gasteiger partial charge < -0.3 is 14.8 Å². The van der Waals surface area contributed by atoms with Crippen molar-refractivity contribution < 1.29 is 14.3 Å². The summed E-state index contributed by atoms with van der Waals surface area (Å²) in [5, 5.41) is 6.98. The number of ether oxygens (including phenoxy) is 2. The second kappa shape index (κ2) is 9.36. The van der Waals surface area contributed by atoms with Crippen LogP contribution in [-0.4, -0.2) is 33.9 Å². The van der Waals surface area contributed by atoms with Crippen LogP contribution in [0.1, 0.15) is 19.4 Å². The molecule has 0 spiro atoms. The van der Waals surface area contributed by atoms with Gasteiger partial charge in [-0.3, -0.25) is 4.79 Å². The molecule has 0 aliphatic heterocycles. The summed E-state index contributed by atoms with van der Waals surface area (Å²) in [5.74, 6) is 1.16. The van der Waals surface area contributed by atoms with Crippen molar-refractivity contribution in [1.29, 1.82) is 0 Å². The Kier molecular flexibility index (Phi) is 6.65. The van der Waals surface area contributed by atoms with Gasteiger partial charge in [-0.05, 0) is 55.8 Å². The molecule has 0 radical (unpaired) electrons. The quantitative estimate of drug-likeness (QED) is 0.567. The van der Waals surface area contributed by atoms with Crippen molar-refractivity contribution in [3.8, 4) is 17.2 Å². The zero-order valence-electron chi connectivity index (χ0n) is 15.7. The minimum Gasteiger partial charge on any atom is -0.490 e. The molecule has 146 valence electrons. The lowest BCUT2D eigenvalue weighted by Gasteiger charge is -2.14. The van der Waals surface area contributed by atoms with E-state index in [0.717, 1.165) is 15.7 Å². The van der Waals surface area contributed by atoms with E-state index in [-0.39, 0.29) is 12.3 Å². The minimum atomic E-state index is -0.124. The molecule has 0 unspecified atom stereocenters. The summed E-state index contributed by atoms with van der Waals surface area (Å²) in [5.41, 5.74) is 2.40. The van der Waals surface area contributed by atoms with Crippen LogP contribution in [-0.2, 0) is 11.2 Å². The number of carbonyl (C=O) groups excluding carboxylic acids is 1. The number of hydrogen-bond donors (Lipinski definition) is 1. The molecule has 8 heteroatoms. The molecule has 7 nitrogen and oxygen atoms in total. The molecule has 28 heavy (non-hydrogen) atoms. The lowest BCUT2D eigenvalue weighted by Crippen LogP contribution is -2.15. The van der Waals surface area contributed by atoms with E-state index < -0.39 is 0 Å². The maximum atomic E-state index is 12.5. The Bertz CT molecular complexity index is 927. The second-order valence-corrected chi connectivity index (χ2v) is 6.72. The molecule has 1 heterocycles. The molecule has 0 bridgehead atoms. The molecule has 0 saturated carbocycles. The highest BCUT2D eigenvalue weighted by molar-refractivity contribution is 9.10. The van der Waals surface area contributed by atoms with Gasteiger partial charge in [0.25, 0.3) is 0 Å². The third-order valence-electron chi connectivity index (χ3n) is 3.90. The molecule has 0 aliphatic rings. The van der Waals surface area contributed by atoms with Crippen LogP contribution in [0.2, 0.25) is 0 Å². The maximum absolute atomic E-state index is 12.5. The molecule has 0 fully saturated rings. The van der Waals surface area contributed by atoms with Crippen LogP contribution < -0.4 is 14.8 Å². The smallest absolute Gasteiger partial charge is 0.228 e. The fraction of sp³-hybridized carbons (Fsp3) is 0.250. The SMILES string of the molecule is CCOc1cc(Br)c(CC(=O)Nc2ccc(-n3cncn3)cc2)cc1OCC. The van der Waals surface area contributed by atoms with Crippen LogP contribution in [0.3, 0.4) is 0 Å². The van der Waals surface area contributed by atoms with Gasteiger partial charge in [0.2, 0.25) is 5.91 Å². The van der Waals surface area contributed by atoms with Gasteiger partial charge in [0, 0.05) is 10.2 Å². The molecule has 2 aromatic carbocycles. The average Bonchev–Trinajstić information content (AvgIpc) is 3.21. The molecule has 0 saturated heterocycles. The van der Waals surface area contributed by atoms with E-state index >= 15 is 0 Å². The van der Waals surface area contributed by atoms with Gasteiger partial charge in [-0.1, -0.05) is 15.9 Å². The van der Waals surface area contributed by atoms with E-state index in [2.05, 4.69) is 31.3 Å². The fourth-order valence-corrected chi connectivity index (χ4v) is 3.13. The first-order valence-corrected chi connectivity index (χ1v) is 9.73. The normalized spacial score (nSPS) is 10.5. The fourth-order valence-electron chi connectivity index (χ4n) is 2.67. The average molecular weight is 445 g/mol. The molecule has 3 aromatic rings. The van der Waals surface area contributed by atoms with Gasteiger partial charge in [-0.2, -0.15) is 5.10 Å². The summed E-state index contributed by atoms with van der Waals surface area (Å²) in [6, 6.07) is 11.1. The minimum absolute atomic E-state index is 0.124. The standard InChI is InChI=1S/C20H21BrN4O3/c1-3-27-18-9-14(17(21)11-19(18)28-4-2)10-20(26)24-15-5-7-16(8-6-15)25-13-22-12-23-25/h5-9,11-13H,3-4,10H2,1-2H3,(H,24,26). The number of anilines is 1. The first-order valence-electron chi connectivity index (χ1n) is 8.93. The van der Waals surface area contributed by atoms with Crippen LogP contribution in [0.4, 0.5) is 5.69 Å². The summed E-state index contributed by atoms with van der Waals surface area (Å²) >= 11 is 3.52.